The number of ether oxygens (including phenoxy) is 3. The molecule has 154 valence electrons. The molecule has 0 saturated carbocycles. The standard InChI is InChI=1S/C25H24O5/c1-28-20-14-17-16-24(27,18-10-6-4-7-11-18)25(23(26)30-3,19-12-8-5-9-13-19)22(17)21(15-20)29-2/h4-15,27H,16H2,1-3H3/t24-,25+/m1/s1. The van der Waals surface area contributed by atoms with Gasteiger partial charge in [0.25, 0.3) is 0 Å². The van der Waals surface area contributed by atoms with Crippen LogP contribution < -0.4 is 9.47 Å². The Morgan fingerprint density at radius 1 is 0.867 bits per heavy atom. The summed E-state index contributed by atoms with van der Waals surface area (Å²) in [5.41, 5.74) is -0.494. The number of carbonyl (C=O) groups is 1. The first-order chi connectivity index (χ1) is 14.5. The lowest BCUT2D eigenvalue weighted by atomic mass is 9.64. The van der Waals surface area contributed by atoms with E-state index in [0.717, 1.165) is 5.56 Å². The van der Waals surface area contributed by atoms with E-state index in [2.05, 4.69) is 0 Å². The van der Waals surface area contributed by atoms with Crippen LogP contribution in [-0.2, 0) is 27.0 Å². The van der Waals surface area contributed by atoms with E-state index in [1.807, 2.05) is 66.7 Å². The van der Waals surface area contributed by atoms with Crippen LogP contribution in [0, 0.1) is 0 Å². The van der Waals surface area contributed by atoms with Gasteiger partial charge in [0.15, 0.2) is 5.41 Å². The molecule has 0 fully saturated rings. The number of fused-ring (bicyclic) bond motifs is 1. The van der Waals surface area contributed by atoms with Crippen molar-refractivity contribution in [2.45, 2.75) is 17.4 Å². The summed E-state index contributed by atoms with van der Waals surface area (Å²) in [5, 5.41) is 12.3. The van der Waals surface area contributed by atoms with Crippen LogP contribution in [0.1, 0.15) is 22.3 Å². The normalized spacial score (nSPS) is 22.3. The van der Waals surface area contributed by atoms with E-state index >= 15 is 0 Å². The monoisotopic (exact) mass is 404 g/mol. The maximum atomic E-state index is 13.6. The van der Waals surface area contributed by atoms with E-state index in [1.165, 1.54) is 7.11 Å². The van der Waals surface area contributed by atoms with Gasteiger partial charge in [0.1, 0.15) is 17.1 Å². The molecule has 0 radical (unpaired) electrons. The van der Waals surface area contributed by atoms with Gasteiger partial charge in [-0.2, -0.15) is 0 Å². The molecule has 0 aliphatic heterocycles. The Morgan fingerprint density at radius 3 is 2.00 bits per heavy atom. The van der Waals surface area contributed by atoms with Crippen molar-refractivity contribution in [3.8, 4) is 11.5 Å². The lowest BCUT2D eigenvalue weighted by Gasteiger charge is -2.41. The molecule has 1 aliphatic carbocycles. The van der Waals surface area contributed by atoms with Crippen LogP contribution in [0.5, 0.6) is 11.5 Å². The number of carbonyl (C=O) groups excluding carboxylic acids is 1. The van der Waals surface area contributed by atoms with Gasteiger partial charge < -0.3 is 19.3 Å². The van der Waals surface area contributed by atoms with E-state index in [0.29, 0.717) is 28.2 Å². The average molecular weight is 404 g/mol. The fraction of sp³-hybridized carbons (Fsp3) is 0.240. The largest absolute Gasteiger partial charge is 0.497 e. The minimum Gasteiger partial charge on any atom is -0.497 e. The zero-order chi connectivity index (χ0) is 21.4. The van der Waals surface area contributed by atoms with E-state index < -0.39 is 17.0 Å². The topological polar surface area (TPSA) is 65.0 Å². The van der Waals surface area contributed by atoms with Crippen molar-refractivity contribution < 1.29 is 24.1 Å². The van der Waals surface area contributed by atoms with E-state index in [1.54, 1.807) is 20.3 Å². The second-order valence-electron chi connectivity index (χ2n) is 7.37. The van der Waals surface area contributed by atoms with Gasteiger partial charge in [-0.3, -0.25) is 4.79 Å². The fourth-order valence-electron chi connectivity index (χ4n) is 4.75. The summed E-state index contributed by atoms with van der Waals surface area (Å²) in [6.45, 7) is 0. The SMILES string of the molecule is COC(=O)[C@]1(c2ccccc2)c2c(cc(OC)cc2OC)C[C@@]1(O)c1ccccc1. The highest BCUT2D eigenvalue weighted by Gasteiger charge is 2.66. The average Bonchev–Trinajstić information content (AvgIpc) is 3.08. The Morgan fingerprint density at radius 2 is 1.47 bits per heavy atom. The van der Waals surface area contributed by atoms with Gasteiger partial charge in [-0.25, -0.2) is 0 Å². The molecule has 4 rings (SSSR count). The first-order valence-electron chi connectivity index (χ1n) is 9.70. The van der Waals surface area contributed by atoms with Gasteiger partial charge in [0, 0.05) is 18.1 Å². The molecule has 2 atom stereocenters. The number of aliphatic hydroxyl groups is 1. The van der Waals surface area contributed by atoms with Gasteiger partial charge in [0.2, 0.25) is 0 Å². The first-order valence-corrected chi connectivity index (χ1v) is 9.70. The quantitative estimate of drug-likeness (QED) is 0.658. The summed E-state index contributed by atoms with van der Waals surface area (Å²) in [5.74, 6) is 0.502. The molecule has 0 amide bonds. The maximum absolute atomic E-state index is 13.6. The molecular formula is C25H24O5. The summed E-state index contributed by atoms with van der Waals surface area (Å²) in [6, 6.07) is 22.1. The summed E-state index contributed by atoms with van der Waals surface area (Å²) in [7, 11) is 4.46. The maximum Gasteiger partial charge on any atom is 0.324 e. The van der Waals surface area contributed by atoms with Crippen molar-refractivity contribution in [1.29, 1.82) is 0 Å². The van der Waals surface area contributed by atoms with E-state index in [-0.39, 0.29) is 6.42 Å². The van der Waals surface area contributed by atoms with Crippen LogP contribution >= 0.6 is 0 Å². The number of hydrogen-bond donors (Lipinski definition) is 1. The molecule has 0 spiro atoms. The van der Waals surface area contributed by atoms with Crippen molar-refractivity contribution in [2.75, 3.05) is 21.3 Å². The Labute approximate surface area is 175 Å². The lowest BCUT2D eigenvalue weighted by Crippen LogP contribution is -2.53. The smallest absolute Gasteiger partial charge is 0.324 e. The second-order valence-corrected chi connectivity index (χ2v) is 7.37. The zero-order valence-corrected chi connectivity index (χ0v) is 17.2. The molecule has 5 nitrogen and oxygen atoms in total. The van der Waals surface area contributed by atoms with Gasteiger partial charge >= 0.3 is 5.97 Å². The highest BCUT2D eigenvalue weighted by atomic mass is 16.5. The van der Waals surface area contributed by atoms with Crippen molar-refractivity contribution in [2.24, 2.45) is 0 Å². The third-order valence-electron chi connectivity index (χ3n) is 6.00. The van der Waals surface area contributed by atoms with Crippen LogP contribution in [0.2, 0.25) is 0 Å². The molecule has 0 heterocycles. The fourth-order valence-corrected chi connectivity index (χ4v) is 4.75. The minimum absolute atomic E-state index is 0.198. The Balaban J connectivity index is 2.16. The van der Waals surface area contributed by atoms with Crippen molar-refractivity contribution in [3.63, 3.8) is 0 Å². The van der Waals surface area contributed by atoms with Crippen LogP contribution in [0.4, 0.5) is 0 Å². The van der Waals surface area contributed by atoms with Gasteiger partial charge in [-0.15, -0.1) is 0 Å². The van der Waals surface area contributed by atoms with Crippen LogP contribution in [0.15, 0.2) is 72.8 Å². The highest BCUT2D eigenvalue weighted by molar-refractivity contribution is 5.93. The van der Waals surface area contributed by atoms with Crippen LogP contribution in [0.25, 0.3) is 0 Å². The minimum atomic E-state index is -1.59. The number of benzene rings is 3. The second kappa shape index (κ2) is 7.50. The zero-order valence-electron chi connectivity index (χ0n) is 17.2. The number of methoxy groups -OCH3 is 3. The summed E-state index contributed by atoms with van der Waals surface area (Å²) in [6.07, 6.45) is 0.198. The third-order valence-corrected chi connectivity index (χ3v) is 6.00. The van der Waals surface area contributed by atoms with Gasteiger partial charge in [-0.05, 0) is 22.8 Å². The number of rotatable bonds is 5. The molecule has 1 N–H and O–H groups in total. The molecule has 30 heavy (non-hydrogen) atoms. The molecule has 3 aromatic rings. The summed E-state index contributed by atoms with van der Waals surface area (Å²) in [4.78, 5) is 13.6. The Hall–Kier alpha value is -3.31. The van der Waals surface area contributed by atoms with Crippen molar-refractivity contribution in [1.82, 2.24) is 0 Å². The van der Waals surface area contributed by atoms with Gasteiger partial charge in [-0.1, -0.05) is 60.7 Å². The van der Waals surface area contributed by atoms with Crippen LogP contribution in [-0.4, -0.2) is 32.4 Å². The molecule has 3 aromatic carbocycles. The Bertz CT molecular complexity index is 1060. The van der Waals surface area contributed by atoms with E-state index in [9.17, 15) is 9.90 Å². The molecule has 0 aromatic heterocycles. The summed E-state index contributed by atoms with van der Waals surface area (Å²) < 4.78 is 16.5. The van der Waals surface area contributed by atoms with Crippen molar-refractivity contribution >= 4 is 5.97 Å². The predicted molar refractivity (Wildman–Crippen MR) is 113 cm³/mol. The predicted octanol–water partition coefficient (Wildman–Crippen LogP) is 3.61. The highest BCUT2D eigenvalue weighted by Crippen LogP contribution is 2.59. The molecule has 0 saturated heterocycles. The number of hydrogen-bond acceptors (Lipinski definition) is 5. The molecule has 5 heteroatoms. The third kappa shape index (κ3) is 2.62. The van der Waals surface area contributed by atoms with Crippen molar-refractivity contribution in [3.05, 3.63) is 95.1 Å². The summed E-state index contributed by atoms with van der Waals surface area (Å²) >= 11 is 0. The number of esters is 1. The molecule has 0 bridgehead atoms. The van der Waals surface area contributed by atoms with E-state index in [4.69, 9.17) is 14.2 Å². The van der Waals surface area contributed by atoms with Crippen LogP contribution in [0.3, 0.4) is 0 Å². The molecule has 0 unspecified atom stereocenters. The Kier molecular flexibility index (Phi) is 5.00. The molecule has 1 aliphatic rings. The lowest BCUT2D eigenvalue weighted by molar-refractivity contribution is -0.156. The van der Waals surface area contributed by atoms with Gasteiger partial charge in [0.05, 0.1) is 21.3 Å². The first kappa shape index (κ1) is 20.0. The molecular weight excluding hydrogens is 380 g/mol.